The molecular weight excluding hydrogens is 403 g/mol. The van der Waals surface area contributed by atoms with Gasteiger partial charge in [-0.2, -0.15) is 0 Å². The van der Waals surface area contributed by atoms with Crippen molar-refractivity contribution in [3.63, 3.8) is 0 Å². The summed E-state index contributed by atoms with van der Waals surface area (Å²) in [6, 6.07) is 6.70. The Morgan fingerprint density at radius 3 is 2.80 bits per heavy atom. The Hall–Kier alpha value is 0.610. The van der Waals surface area contributed by atoms with Crippen molar-refractivity contribution < 1.29 is 0 Å². The van der Waals surface area contributed by atoms with Crippen molar-refractivity contribution in [2.24, 2.45) is 0 Å². The molecule has 0 spiro atoms. The van der Waals surface area contributed by atoms with Crippen molar-refractivity contribution in [2.45, 2.75) is 18.2 Å². The van der Waals surface area contributed by atoms with Crippen LogP contribution in [-0.2, 0) is 6.42 Å². The normalized spacial score (nSPS) is 13.0. The molecule has 0 radical (unpaired) electrons. The van der Waals surface area contributed by atoms with Gasteiger partial charge in [-0.3, -0.25) is 0 Å². The summed E-state index contributed by atoms with van der Waals surface area (Å²) in [5.41, 5.74) is 1.37. The van der Waals surface area contributed by atoms with Gasteiger partial charge in [0.2, 0.25) is 0 Å². The largest absolute Gasteiger partial charge is 0.144 e. The van der Waals surface area contributed by atoms with E-state index in [0.29, 0.717) is 4.83 Å². The van der Waals surface area contributed by atoms with Crippen LogP contribution >= 0.6 is 61.2 Å². The number of hydrogen-bond donors (Lipinski definition) is 0. The average Bonchev–Trinajstić information content (AvgIpc) is 2.84. The highest BCUT2D eigenvalue weighted by Crippen LogP contribution is 2.37. The molecule has 80 valence electrons. The summed E-state index contributed by atoms with van der Waals surface area (Å²) in [4.78, 5) is 3.22. The van der Waals surface area contributed by atoms with Gasteiger partial charge in [-0.05, 0) is 58.2 Å². The first kappa shape index (κ1) is 12.1. The summed E-state index contributed by atoms with van der Waals surface area (Å²) in [5.74, 6) is 0. The lowest BCUT2D eigenvalue weighted by Gasteiger charge is -2.03. The molecule has 2 rings (SSSR count). The molecule has 1 atom stereocenters. The third-order valence-corrected chi connectivity index (χ3v) is 6.59. The lowest BCUT2D eigenvalue weighted by molar-refractivity contribution is 1.19. The van der Waals surface area contributed by atoms with Gasteiger partial charge >= 0.3 is 0 Å². The summed E-state index contributed by atoms with van der Waals surface area (Å²) in [6.45, 7) is 2.20. The van der Waals surface area contributed by atoms with E-state index in [1.165, 1.54) is 18.2 Å². The molecule has 0 fully saturated rings. The topological polar surface area (TPSA) is 0 Å². The number of thiophene rings is 2. The van der Waals surface area contributed by atoms with Gasteiger partial charge in [-0.1, -0.05) is 22.9 Å². The zero-order chi connectivity index (χ0) is 10.8. The fraction of sp³-hybridized carbons (Fsp3) is 0.273. The van der Waals surface area contributed by atoms with Gasteiger partial charge in [0.1, 0.15) is 0 Å². The van der Waals surface area contributed by atoms with Gasteiger partial charge in [-0.25, -0.2) is 0 Å². The molecule has 0 aliphatic carbocycles. The van der Waals surface area contributed by atoms with Crippen molar-refractivity contribution in [3.8, 4) is 0 Å². The van der Waals surface area contributed by atoms with Crippen molar-refractivity contribution >= 4 is 61.2 Å². The van der Waals surface area contributed by atoms with Crippen molar-refractivity contribution in [3.05, 3.63) is 41.8 Å². The molecule has 0 nitrogen and oxygen atoms in total. The zero-order valence-electron chi connectivity index (χ0n) is 8.17. The third kappa shape index (κ3) is 2.84. The second kappa shape index (κ2) is 5.29. The van der Waals surface area contributed by atoms with Crippen LogP contribution in [0, 0.1) is 2.88 Å². The second-order valence-corrected chi connectivity index (χ2v) is 8.13. The predicted molar refractivity (Wildman–Crippen MR) is 81.5 cm³/mol. The van der Waals surface area contributed by atoms with Crippen molar-refractivity contribution in [1.82, 2.24) is 0 Å². The average molecular weight is 413 g/mol. The first-order valence-corrected chi connectivity index (χ1v) is 8.36. The molecule has 2 heterocycles. The third-order valence-electron chi connectivity index (χ3n) is 2.16. The molecule has 0 bridgehead atoms. The second-order valence-electron chi connectivity index (χ2n) is 3.20. The molecule has 2 aromatic rings. The van der Waals surface area contributed by atoms with E-state index in [4.69, 9.17) is 0 Å². The molecule has 0 saturated heterocycles. The minimum absolute atomic E-state index is 0.363. The lowest BCUT2D eigenvalue weighted by Crippen LogP contribution is -1.85. The molecule has 4 heteroatoms. The highest BCUT2D eigenvalue weighted by Gasteiger charge is 2.13. The van der Waals surface area contributed by atoms with Crippen LogP contribution < -0.4 is 0 Å². The van der Waals surface area contributed by atoms with E-state index in [1.54, 1.807) is 11.3 Å². The Kier molecular flexibility index (Phi) is 4.26. The van der Waals surface area contributed by atoms with E-state index >= 15 is 0 Å². The number of aryl methyl sites for hydroxylation is 1. The summed E-state index contributed by atoms with van der Waals surface area (Å²) in [5, 5.41) is 2.23. The van der Waals surface area contributed by atoms with Crippen LogP contribution in [0.3, 0.4) is 0 Å². The van der Waals surface area contributed by atoms with E-state index in [-0.39, 0.29) is 0 Å². The molecular formula is C11H10BrIS2. The summed E-state index contributed by atoms with van der Waals surface area (Å²) in [6.07, 6.45) is 1.13. The Morgan fingerprint density at radius 1 is 1.47 bits per heavy atom. The molecule has 0 aliphatic rings. The first-order valence-electron chi connectivity index (χ1n) is 4.67. The maximum absolute atomic E-state index is 3.76. The quantitative estimate of drug-likeness (QED) is 0.463. The molecule has 2 aromatic heterocycles. The van der Waals surface area contributed by atoms with Crippen LogP contribution in [0.25, 0.3) is 0 Å². The highest BCUT2D eigenvalue weighted by molar-refractivity contribution is 14.1. The standard InChI is InChI=1S/C11H10BrIS2/c1-2-8-3-4-9(15-8)11(12)7-5-10(13)14-6-7/h3-6,11H,2H2,1H3. The molecule has 0 aromatic carbocycles. The fourth-order valence-corrected chi connectivity index (χ4v) is 4.57. The molecule has 15 heavy (non-hydrogen) atoms. The number of halogens is 2. The van der Waals surface area contributed by atoms with E-state index in [1.807, 2.05) is 11.3 Å². The minimum Gasteiger partial charge on any atom is -0.144 e. The van der Waals surface area contributed by atoms with Crippen molar-refractivity contribution in [1.29, 1.82) is 0 Å². The smallest absolute Gasteiger partial charge is 0.0746 e. The first-order chi connectivity index (χ1) is 7.20. The van der Waals surface area contributed by atoms with Gasteiger partial charge in [-0.15, -0.1) is 22.7 Å². The van der Waals surface area contributed by atoms with Gasteiger partial charge in [0.15, 0.2) is 0 Å². The minimum atomic E-state index is 0.363. The Morgan fingerprint density at radius 2 is 2.27 bits per heavy atom. The summed E-state index contributed by atoms with van der Waals surface area (Å²) < 4.78 is 1.35. The lowest BCUT2D eigenvalue weighted by atomic mass is 10.2. The maximum atomic E-state index is 3.76. The summed E-state index contributed by atoms with van der Waals surface area (Å²) in [7, 11) is 0. The van der Waals surface area contributed by atoms with Gasteiger partial charge in [0.25, 0.3) is 0 Å². The predicted octanol–water partition coefficient (Wildman–Crippen LogP) is 5.46. The molecule has 0 N–H and O–H groups in total. The van der Waals surface area contributed by atoms with Gasteiger partial charge < -0.3 is 0 Å². The van der Waals surface area contributed by atoms with Gasteiger partial charge in [0, 0.05) is 9.75 Å². The Labute approximate surface area is 120 Å². The van der Waals surface area contributed by atoms with Gasteiger partial charge in [0.05, 0.1) is 7.71 Å². The van der Waals surface area contributed by atoms with E-state index in [2.05, 4.69) is 69.0 Å². The Bertz CT molecular complexity index is 447. The van der Waals surface area contributed by atoms with E-state index in [0.717, 1.165) is 6.42 Å². The van der Waals surface area contributed by atoms with Crippen LogP contribution in [0.1, 0.15) is 27.1 Å². The van der Waals surface area contributed by atoms with Crippen LogP contribution in [-0.4, -0.2) is 0 Å². The van der Waals surface area contributed by atoms with E-state index < -0.39 is 0 Å². The van der Waals surface area contributed by atoms with Crippen LogP contribution in [0.15, 0.2) is 23.6 Å². The molecule has 0 saturated carbocycles. The summed E-state index contributed by atoms with van der Waals surface area (Å²) >= 11 is 9.83. The molecule has 0 amide bonds. The van der Waals surface area contributed by atoms with Crippen LogP contribution in [0.2, 0.25) is 0 Å². The van der Waals surface area contributed by atoms with Crippen LogP contribution in [0.4, 0.5) is 0 Å². The zero-order valence-corrected chi connectivity index (χ0v) is 13.5. The highest BCUT2D eigenvalue weighted by atomic mass is 127. The Balaban J connectivity index is 2.23. The monoisotopic (exact) mass is 412 g/mol. The number of hydrogen-bond acceptors (Lipinski definition) is 2. The van der Waals surface area contributed by atoms with Crippen molar-refractivity contribution in [2.75, 3.05) is 0 Å². The fourth-order valence-electron chi connectivity index (χ4n) is 1.34. The number of alkyl halides is 1. The SMILES string of the molecule is CCc1ccc(C(Br)c2csc(I)c2)s1. The molecule has 0 aliphatic heterocycles. The van der Waals surface area contributed by atoms with Crippen LogP contribution in [0.5, 0.6) is 0 Å². The van der Waals surface area contributed by atoms with E-state index in [9.17, 15) is 0 Å². The number of rotatable bonds is 3. The molecule has 1 unspecified atom stereocenters. The maximum Gasteiger partial charge on any atom is 0.0746 e.